The quantitative estimate of drug-likeness (QED) is 0.104. The van der Waals surface area contributed by atoms with E-state index in [0.29, 0.717) is 39.1 Å². The molecule has 11 nitrogen and oxygen atoms in total. The third-order valence-electron chi connectivity index (χ3n) is 8.31. The Kier molecular flexibility index (Phi) is 12.1. The minimum absolute atomic E-state index is 0.241. The molecule has 2 bridgehead atoms. The summed E-state index contributed by atoms with van der Waals surface area (Å²) in [5.41, 5.74) is 0. The lowest BCUT2D eigenvalue weighted by atomic mass is 10.3. The van der Waals surface area contributed by atoms with Gasteiger partial charge in [-0.15, -0.1) is 0 Å². The molecular weight excluding hydrogens is 589 g/mol. The van der Waals surface area contributed by atoms with Gasteiger partial charge in [-0.2, -0.15) is 0 Å². The Hall–Kier alpha value is 0.428. The highest BCUT2D eigenvalue weighted by Crippen LogP contribution is 2.57. The number of methoxy groups -OCH3 is 2. The zero-order valence-corrected chi connectivity index (χ0v) is 29.5. The zero-order chi connectivity index (χ0) is 28.7. The number of unbranched alkanes of at least 4 members (excludes halogenated alkanes) is 1. The van der Waals surface area contributed by atoms with E-state index >= 15 is 0 Å². The predicted molar refractivity (Wildman–Crippen MR) is 157 cm³/mol. The molecule has 5 fully saturated rings. The summed E-state index contributed by atoms with van der Waals surface area (Å²) in [4.78, 5) is -0.567. The average molecular weight is 641 g/mol. The predicted octanol–water partition coefficient (Wildman–Crippen LogP) is 3.55. The first kappa shape index (κ1) is 33.3. The van der Waals surface area contributed by atoms with Gasteiger partial charge in [0, 0.05) is 47.2 Å². The maximum atomic E-state index is 7.30. The molecule has 15 heteroatoms. The molecule has 0 saturated carbocycles. The third-order valence-corrected chi connectivity index (χ3v) is 30.0. The summed E-state index contributed by atoms with van der Waals surface area (Å²) >= 11 is 0. The van der Waals surface area contributed by atoms with Crippen LogP contribution in [0.1, 0.15) is 45.4 Å². The number of hydrogen-bond donors (Lipinski definition) is 0. The zero-order valence-electron chi connectivity index (χ0n) is 25.5. The molecule has 40 heavy (non-hydrogen) atoms. The molecule has 7 unspecified atom stereocenters. The van der Waals surface area contributed by atoms with E-state index in [-0.39, 0.29) is 12.2 Å². The molecule has 0 spiro atoms. The molecule has 5 heterocycles. The van der Waals surface area contributed by atoms with E-state index in [0.717, 1.165) is 63.8 Å². The van der Waals surface area contributed by atoms with E-state index in [1.165, 1.54) is 0 Å². The Morgan fingerprint density at radius 2 is 1.40 bits per heavy atom. The summed E-state index contributed by atoms with van der Waals surface area (Å²) in [6, 6.07) is 2.21. The van der Waals surface area contributed by atoms with Crippen LogP contribution in [0.4, 0.5) is 0 Å². The van der Waals surface area contributed by atoms with Crippen molar-refractivity contribution in [3.8, 4) is 0 Å². The van der Waals surface area contributed by atoms with Crippen LogP contribution in [0.25, 0.3) is 0 Å². The Morgan fingerprint density at radius 3 is 1.95 bits per heavy atom. The molecule has 0 aromatic rings. The Labute approximate surface area is 244 Å². The lowest BCUT2D eigenvalue weighted by molar-refractivity contribution is -0.0229. The number of ether oxygens (including phenoxy) is 6. The first-order valence-corrected chi connectivity index (χ1v) is 23.8. The summed E-state index contributed by atoms with van der Waals surface area (Å²) in [6.45, 7) is 11.2. The minimum Gasteiger partial charge on any atom is -0.414 e. The van der Waals surface area contributed by atoms with E-state index in [2.05, 4.69) is 20.0 Å². The molecule has 5 saturated heterocycles. The van der Waals surface area contributed by atoms with Crippen molar-refractivity contribution < 1.29 is 49.3 Å². The second-order valence-corrected chi connectivity index (χ2v) is 25.9. The van der Waals surface area contributed by atoms with Gasteiger partial charge in [-0.1, -0.05) is 19.8 Å². The average Bonchev–Trinajstić information content (AvgIpc) is 3.84. The van der Waals surface area contributed by atoms with Crippen LogP contribution in [0.15, 0.2) is 0 Å². The number of epoxide rings is 2. The smallest absolute Gasteiger partial charge is 0.414 e. The summed E-state index contributed by atoms with van der Waals surface area (Å²) in [5.74, 6) is 0. The first-order chi connectivity index (χ1) is 19.2. The van der Waals surface area contributed by atoms with Gasteiger partial charge in [-0.05, 0) is 50.9 Å². The van der Waals surface area contributed by atoms with Gasteiger partial charge in [-0.3, -0.25) is 0 Å². The Balaban J connectivity index is 1.57. The lowest BCUT2D eigenvalue weighted by Gasteiger charge is -2.68. The van der Waals surface area contributed by atoms with Gasteiger partial charge in [0.1, 0.15) is 12.2 Å². The largest absolute Gasteiger partial charge is 0.482 e. The Bertz CT molecular complexity index is 796. The summed E-state index contributed by atoms with van der Waals surface area (Å²) < 4.78 is 69.2. The monoisotopic (exact) mass is 640 g/mol. The highest BCUT2D eigenvalue weighted by atomic mass is 28.6. The van der Waals surface area contributed by atoms with Gasteiger partial charge < -0.3 is 49.3 Å². The van der Waals surface area contributed by atoms with Crippen molar-refractivity contribution in [1.29, 1.82) is 0 Å². The third kappa shape index (κ3) is 7.73. The molecule has 0 amide bonds. The molecule has 0 N–H and O–H groups in total. The number of rotatable bonds is 21. The van der Waals surface area contributed by atoms with Crippen LogP contribution in [-0.2, 0) is 49.3 Å². The maximum absolute atomic E-state index is 7.30. The van der Waals surface area contributed by atoms with Crippen LogP contribution in [0, 0.1) is 0 Å². The van der Waals surface area contributed by atoms with Gasteiger partial charge in [0.15, 0.2) is 4.85 Å². The number of hydrogen-bond acceptors (Lipinski definition) is 11. The van der Waals surface area contributed by atoms with E-state index in [4.69, 9.17) is 49.3 Å². The first-order valence-electron chi connectivity index (χ1n) is 15.0. The van der Waals surface area contributed by atoms with E-state index in [1.807, 2.05) is 0 Å². The standard InChI is InChI=1S/C25H52O11Si4/c1-7-8-17-39-25(27-3,12-9-13-26-2)38(6,35-39)33-37(5,16-10-14-29-19-23-21-31-23)34-40(28-4,36-39)18-11-15-30-20-24-22-32-24/h23-24H,7-22H2,1-6H3. The highest BCUT2D eigenvalue weighted by molar-refractivity contribution is 7.08. The summed E-state index contributed by atoms with van der Waals surface area (Å²) in [6.07, 6.45) is 5.73. The van der Waals surface area contributed by atoms with Crippen LogP contribution >= 0.6 is 0 Å². The normalized spacial score (nSPS) is 40.4. The SMILES string of the molecule is CCCC[Si]12O[Si](CCCOCC3CO3)(OC)O[Si](C)(CCCOCC3CO3)O[Si](C)(O1)C2(CCCOC)OC. The molecule has 0 aliphatic carbocycles. The minimum atomic E-state index is -3.23. The van der Waals surface area contributed by atoms with Crippen molar-refractivity contribution in [2.45, 2.75) is 93.7 Å². The molecule has 0 aromatic carbocycles. The summed E-state index contributed by atoms with van der Waals surface area (Å²) in [5, 5.41) is 0. The lowest BCUT2D eigenvalue weighted by Crippen LogP contribution is -2.94. The van der Waals surface area contributed by atoms with Crippen molar-refractivity contribution in [2.24, 2.45) is 0 Å². The van der Waals surface area contributed by atoms with E-state index in [9.17, 15) is 0 Å². The van der Waals surface area contributed by atoms with E-state index in [1.54, 1.807) is 21.3 Å². The van der Waals surface area contributed by atoms with Gasteiger partial charge in [-0.25, -0.2) is 0 Å². The summed E-state index contributed by atoms with van der Waals surface area (Å²) in [7, 11) is -6.62. The molecule has 5 rings (SSSR count). The van der Waals surface area contributed by atoms with Crippen LogP contribution in [-0.4, -0.2) is 119 Å². The van der Waals surface area contributed by atoms with Crippen molar-refractivity contribution in [1.82, 2.24) is 0 Å². The molecule has 234 valence electrons. The van der Waals surface area contributed by atoms with Gasteiger partial charge >= 0.3 is 34.5 Å². The fourth-order valence-electron chi connectivity index (χ4n) is 6.09. The molecule has 0 radical (unpaired) electrons. The molecule has 0 aromatic heterocycles. The van der Waals surface area contributed by atoms with Gasteiger partial charge in [0.25, 0.3) is 0 Å². The highest BCUT2D eigenvalue weighted by Gasteiger charge is 2.84. The fraction of sp³-hybridized carbons (Fsp3) is 1.00. The van der Waals surface area contributed by atoms with Crippen molar-refractivity contribution in [3.05, 3.63) is 0 Å². The van der Waals surface area contributed by atoms with Gasteiger partial charge in [0.05, 0.1) is 26.4 Å². The second kappa shape index (κ2) is 14.5. The van der Waals surface area contributed by atoms with Crippen molar-refractivity contribution in [3.63, 3.8) is 0 Å². The Morgan fingerprint density at radius 1 is 0.750 bits per heavy atom. The van der Waals surface area contributed by atoms with E-state index < -0.39 is 39.3 Å². The van der Waals surface area contributed by atoms with Crippen LogP contribution in [0.2, 0.25) is 31.2 Å². The van der Waals surface area contributed by atoms with Gasteiger partial charge in [0.2, 0.25) is 0 Å². The number of fused-ring (bicyclic) bond motifs is 4. The molecule has 7 atom stereocenters. The van der Waals surface area contributed by atoms with Crippen LogP contribution < -0.4 is 0 Å². The van der Waals surface area contributed by atoms with Crippen molar-refractivity contribution >= 4 is 34.5 Å². The molecular formula is C25H52O11Si4. The molecule has 5 aliphatic heterocycles. The fourth-order valence-corrected chi connectivity index (χ4v) is 32.8. The molecule has 5 aliphatic rings. The van der Waals surface area contributed by atoms with Crippen LogP contribution in [0.5, 0.6) is 0 Å². The topological polar surface area (TPSA) is 108 Å². The second-order valence-electron chi connectivity index (χ2n) is 11.6. The van der Waals surface area contributed by atoms with Crippen molar-refractivity contribution in [2.75, 3.05) is 67.6 Å². The maximum Gasteiger partial charge on any atom is 0.482 e. The van der Waals surface area contributed by atoms with Crippen LogP contribution in [0.3, 0.4) is 0 Å².